The number of hydrogen-bond acceptors (Lipinski definition) is 7. The van der Waals surface area contributed by atoms with Crippen molar-refractivity contribution >= 4 is 23.2 Å². The molecule has 152 valence electrons. The van der Waals surface area contributed by atoms with E-state index in [0.29, 0.717) is 12.1 Å². The second-order valence-electron chi connectivity index (χ2n) is 6.73. The van der Waals surface area contributed by atoms with Crippen LogP contribution in [0.25, 0.3) is 0 Å². The number of halogens is 2. The van der Waals surface area contributed by atoms with E-state index >= 15 is 0 Å². The van der Waals surface area contributed by atoms with Crippen molar-refractivity contribution in [3.63, 3.8) is 0 Å². The van der Waals surface area contributed by atoms with Gasteiger partial charge >= 0.3 is 0 Å². The summed E-state index contributed by atoms with van der Waals surface area (Å²) in [5.74, 6) is 0. The van der Waals surface area contributed by atoms with Crippen molar-refractivity contribution < 1.29 is 25.2 Å². The summed E-state index contributed by atoms with van der Waals surface area (Å²) in [4.78, 5) is 8.50. The molecule has 0 radical (unpaired) electrons. The van der Waals surface area contributed by atoms with Crippen LogP contribution in [0.4, 0.5) is 0 Å². The predicted molar refractivity (Wildman–Crippen MR) is 103 cm³/mol. The zero-order valence-electron chi connectivity index (χ0n) is 15.2. The number of aliphatic hydroxyl groups is 4. The van der Waals surface area contributed by atoms with Crippen molar-refractivity contribution in [2.45, 2.75) is 50.3 Å². The van der Waals surface area contributed by atoms with Crippen molar-refractivity contribution in [1.82, 2.24) is 9.97 Å². The van der Waals surface area contributed by atoms with E-state index in [0.717, 1.165) is 12.0 Å². The Labute approximate surface area is 172 Å². The van der Waals surface area contributed by atoms with Crippen molar-refractivity contribution in [2.24, 2.45) is 0 Å². The Bertz CT molecular complexity index is 819. The molecule has 1 aliphatic rings. The van der Waals surface area contributed by atoms with Crippen LogP contribution in [0.15, 0.2) is 24.3 Å². The molecule has 3 rings (SSSR count). The van der Waals surface area contributed by atoms with E-state index in [-0.39, 0.29) is 16.0 Å². The molecule has 0 spiro atoms. The SMILES string of the molecule is CCc1ccc(Cc2nc([C@@H]3O[C@H](CO)[C@@H](O)[C@H](O)[C@H]3O)c(Cl)nc2Cl)cc1. The van der Waals surface area contributed by atoms with E-state index < -0.39 is 37.1 Å². The van der Waals surface area contributed by atoms with Gasteiger partial charge in [0.1, 0.15) is 36.2 Å². The Morgan fingerprint density at radius 1 is 0.929 bits per heavy atom. The van der Waals surface area contributed by atoms with E-state index in [1.54, 1.807) is 0 Å². The van der Waals surface area contributed by atoms with Gasteiger partial charge in [0.2, 0.25) is 0 Å². The lowest BCUT2D eigenvalue weighted by Gasteiger charge is -2.39. The highest BCUT2D eigenvalue weighted by atomic mass is 35.5. The van der Waals surface area contributed by atoms with Crippen LogP contribution in [0, 0.1) is 0 Å². The van der Waals surface area contributed by atoms with E-state index in [9.17, 15) is 20.4 Å². The predicted octanol–water partition coefficient (Wildman–Crippen LogP) is 1.45. The topological polar surface area (TPSA) is 116 Å². The van der Waals surface area contributed by atoms with Crippen LogP contribution < -0.4 is 0 Å². The molecule has 1 fully saturated rings. The summed E-state index contributed by atoms with van der Waals surface area (Å²) < 4.78 is 5.53. The molecule has 0 unspecified atom stereocenters. The Balaban J connectivity index is 1.92. The van der Waals surface area contributed by atoms with Gasteiger partial charge in [-0.1, -0.05) is 54.4 Å². The Morgan fingerprint density at radius 2 is 1.57 bits per heavy atom. The van der Waals surface area contributed by atoms with Crippen molar-refractivity contribution in [2.75, 3.05) is 6.61 Å². The maximum atomic E-state index is 10.3. The van der Waals surface area contributed by atoms with Gasteiger partial charge in [-0.25, -0.2) is 9.97 Å². The largest absolute Gasteiger partial charge is 0.394 e. The van der Waals surface area contributed by atoms with Gasteiger partial charge in [-0.15, -0.1) is 0 Å². The first-order valence-electron chi connectivity index (χ1n) is 8.95. The van der Waals surface area contributed by atoms with Gasteiger partial charge in [-0.3, -0.25) is 0 Å². The van der Waals surface area contributed by atoms with Crippen molar-refractivity contribution in [3.05, 3.63) is 57.1 Å². The number of aromatic nitrogens is 2. The molecule has 1 aromatic heterocycles. The van der Waals surface area contributed by atoms with Crippen LogP contribution >= 0.6 is 23.2 Å². The molecule has 7 nitrogen and oxygen atoms in total. The van der Waals surface area contributed by atoms with E-state index in [4.69, 9.17) is 27.9 Å². The smallest absolute Gasteiger partial charge is 0.155 e. The lowest BCUT2D eigenvalue weighted by atomic mass is 9.93. The molecule has 28 heavy (non-hydrogen) atoms. The summed E-state index contributed by atoms with van der Waals surface area (Å²) in [5, 5.41) is 39.7. The van der Waals surface area contributed by atoms with Crippen LogP contribution in [-0.2, 0) is 17.6 Å². The summed E-state index contributed by atoms with van der Waals surface area (Å²) in [6.45, 7) is 1.53. The van der Waals surface area contributed by atoms with Crippen LogP contribution in [0.3, 0.4) is 0 Å². The number of aryl methyl sites for hydroxylation is 1. The Kier molecular flexibility index (Phi) is 6.88. The quantitative estimate of drug-likeness (QED) is 0.569. The summed E-state index contributed by atoms with van der Waals surface area (Å²) in [6, 6.07) is 7.98. The summed E-state index contributed by atoms with van der Waals surface area (Å²) >= 11 is 12.4. The van der Waals surface area contributed by atoms with Gasteiger partial charge < -0.3 is 25.2 Å². The molecule has 1 aliphatic heterocycles. The minimum absolute atomic E-state index is 0.0839. The third kappa shape index (κ3) is 4.31. The van der Waals surface area contributed by atoms with Crippen LogP contribution in [0.5, 0.6) is 0 Å². The lowest BCUT2D eigenvalue weighted by Crippen LogP contribution is -2.55. The average molecular weight is 429 g/mol. The molecular weight excluding hydrogens is 407 g/mol. The first kappa shape index (κ1) is 21.4. The van der Waals surface area contributed by atoms with Crippen LogP contribution in [-0.4, -0.2) is 61.4 Å². The highest BCUT2D eigenvalue weighted by molar-refractivity contribution is 6.33. The second kappa shape index (κ2) is 9.00. The number of benzene rings is 1. The van der Waals surface area contributed by atoms with Gasteiger partial charge in [0, 0.05) is 6.42 Å². The third-order valence-electron chi connectivity index (χ3n) is 4.87. The molecule has 1 saturated heterocycles. The fourth-order valence-corrected chi connectivity index (χ4v) is 3.62. The lowest BCUT2D eigenvalue weighted by molar-refractivity contribution is -0.232. The average Bonchev–Trinajstić information content (AvgIpc) is 2.69. The van der Waals surface area contributed by atoms with E-state index in [1.807, 2.05) is 24.3 Å². The molecule has 0 bridgehead atoms. The number of hydrogen-bond donors (Lipinski definition) is 4. The third-order valence-corrected chi connectivity index (χ3v) is 5.45. The minimum atomic E-state index is -1.53. The normalized spacial score (nSPS) is 27.8. The fourth-order valence-electron chi connectivity index (χ4n) is 3.15. The zero-order chi connectivity index (χ0) is 20.4. The van der Waals surface area contributed by atoms with Gasteiger partial charge in [0.05, 0.1) is 12.3 Å². The number of aliphatic hydroxyl groups excluding tert-OH is 4. The monoisotopic (exact) mass is 428 g/mol. The highest BCUT2D eigenvalue weighted by Crippen LogP contribution is 2.35. The van der Waals surface area contributed by atoms with Crippen molar-refractivity contribution in [3.8, 4) is 0 Å². The number of ether oxygens (including phenoxy) is 1. The van der Waals surface area contributed by atoms with Gasteiger partial charge in [-0.05, 0) is 17.5 Å². The second-order valence-corrected chi connectivity index (χ2v) is 7.45. The molecule has 2 heterocycles. The summed E-state index contributed by atoms with van der Waals surface area (Å²) in [7, 11) is 0. The molecule has 2 aromatic rings. The standard InChI is InChI=1S/C19H22Cl2N2O5/c1-2-9-3-5-10(6-4-9)7-11-18(20)23-19(21)13(22-11)17-16(27)15(26)14(25)12(8-24)28-17/h3-6,12,14-17,24-27H,2,7-8H2,1H3/t12-,14-,15+,16-,17+/m1/s1. The maximum absolute atomic E-state index is 10.3. The summed E-state index contributed by atoms with van der Waals surface area (Å²) in [5.41, 5.74) is 2.69. The van der Waals surface area contributed by atoms with Crippen LogP contribution in [0.2, 0.25) is 10.3 Å². The number of rotatable bonds is 5. The molecule has 4 N–H and O–H groups in total. The first-order chi connectivity index (χ1) is 13.3. The van der Waals surface area contributed by atoms with Crippen LogP contribution in [0.1, 0.15) is 35.5 Å². The minimum Gasteiger partial charge on any atom is -0.394 e. The van der Waals surface area contributed by atoms with Crippen molar-refractivity contribution in [1.29, 1.82) is 0 Å². The Morgan fingerprint density at radius 3 is 2.18 bits per heavy atom. The van der Waals surface area contributed by atoms with E-state index in [2.05, 4.69) is 16.9 Å². The first-order valence-corrected chi connectivity index (χ1v) is 9.71. The number of nitrogens with zero attached hydrogens (tertiary/aromatic N) is 2. The summed E-state index contributed by atoms with van der Waals surface area (Å²) in [6.07, 6.45) is -5.42. The van der Waals surface area contributed by atoms with E-state index in [1.165, 1.54) is 5.56 Å². The van der Waals surface area contributed by atoms with Gasteiger partial charge in [-0.2, -0.15) is 0 Å². The fraction of sp³-hybridized carbons (Fsp3) is 0.474. The zero-order valence-corrected chi connectivity index (χ0v) is 16.7. The molecule has 9 heteroatoms. The van der Waals surface area contributed by atoms with Gasteiger partial charge in [0.25, 0.3) is 0 Å². The molecule has 0 aliphatic carbocycles. The maximum Gasteiger partial charge on any atom is 0.155 e. The molecular formula is C19H22Cl2N2O5. The molecule has 5 atom stereocenters. The molecule has 0 amide bonds. The molecule has 0 saturated carbocycles. The van der Waals surface area contributed by atoms with Gasteiger partial charge in [0.15, 0.2) is 10.3 Å². The Hall–Kier alpha value is -1.32. The highest BCUT2D eigenvalue weighted by Gasteiger charge is 2.45. The molecule has 1 aromatic carbocycles.